The van der Waals surface area contributed by atoms with E-state index in [1.807, 2.05) is 0 Å². The number of hydrogen-bond acceptors (Lipinski definition) is 0. The maximum Gasteiger partial charge on any atom is -0.0147 e. The molecule has 2 rings (SSSR count). The number of fused-ring (bicyclic) bond motifs is 1. The summed E-state index contributed by atoms with van der Waals surface area (Å²) in [4.78, 5) is 0. The van der Waals surface area contributed by atoms with Crippen molar-refractivity contribution in [3.8, 4) is 0 Å². The van der Waals surface area contributed by atoms with Crippen LogP contribution in [0.25, 0.3) is 10.8 Å². The highest BCUT2D eigenvalue weighted by molar-refractivity contribution is 5.88. The lowest BCUT2D eigenvalue weighted by atomic mass is 9.91. The Hall–Kier alpha value is -1.30. The van der Waals surface area contributed by atoms with Gasteiger partial charge in [-0.25, -0.2) is 0 Å². The summed E-state index contributed by atoms with van der Waals surface area (Å²) in [5.41, 5.74) is 2.86. The van der Waals surface area contributed by atoms with Crippen molar-refractivity contribution < 1.29 is 0 Å². The summed E-state index contributed by atoms with van der Waals surface area (Å²) >= 11 is 0. The van der Waals surface area contributed by atoms with Crippen molar-refractivity contribution in [3.63, 3.8) is 0 Å². The van der Waals surface area contributed by atoms with Crippen molar-refractivity contribution in [2.75, 3.05) is 0 Å². The van der Waals surface area contributed by atoms with E-state index in [0.717, 1.165) is 0 Å². The van der Waals surface area contributed by atoms with Gasteiger partial charge in [0.05, 0.1) is 0 Å². The quantitative estimate of drug-likeness (QED) is 0.658. The summed E-state index contributed by atoms with van der Waals surface area (Å²) in [7, 11) is 0. The molecule has 0 heterocycles. The average molecular weight is 198 g/mol. The summed E-state index contributed by atoms with van der Waals surface area (Å²) in [5.74, 6) is 0.649. The molecule has 0 fully saturated rings. The lowest BCUT2D eigenvalue weighted by Crippen LogP contribution is -1.93. The molecule has 0 heteroatoms. The van der Waals surface area contributed by atoms with Gasteiger partial charge in [-0.2, -0.15) is 0 Å². The number of hydrogen-bond donors (Lipinski definition) is 0. The topological polar surface area (TPSA) is 0 Å². The second-order valence-corrected chi connectivity index (χ2v) is 4.33. The highest BCUT2D eigenvalue weighted by atomic mass is 14.1. The van der Waals surface area contributed by atoms with Gasteiger partial charge in [-0.1, -0.05) is 50.2 Å². The molecule has 0 radical (unpaired) electrons. The minimum atomic E-state index is 0.649. The number of aryl methyl sites for hydroxylation is 1. The van der Waals surface area contributed by atoms with Crippen molar-refractivity contribution in [2.24, 2.45) is 0 Å². The molecule has 2 aromatic carbocycles. The highest BCUT2D eigenvalue weighted by Gasteiger charge is 2.07. The fourth-order valence-electron chi connectivity index (χ4n) is 2.12. The molecule has 0 bridgehead atoms. The first-order valence-electron chi connectivity index (χ1n) is 5.72. The molecule has 0 aromatic heterocycles. The SMILES string of the molecule is CCC(C)c1ccc(C)c2ccccc12. The first kappa shape index (κ1) is 10.2. The Morgan fingerprint density at radius 2 is 1.67 bits per heavy atom. The number of rotatable bonds is 2. The van der Waals surface area contributed by atoms with Crippen LogP contribution in [-0.4, -0.2) is 0 Å². The van der Waals surface area contributed by atoms with Crippen molar-refractivity contribution in [3.05, 3.63) is 47.5 Å². The first-order chi connectivity index (χ1) is 7.24. The van der Waals surface area contributed by atoms with Gasteiger partial charge < -0.3 is 0 Å². The Labute approximate surface area is 91.9 Å². The van der Waals surface area contributed by atoms with Gasteiger partial charge >= 0.3 is 0 Å². The lowest BCUT2D eigenvalue weighted by Gasteiger charge is -2.13. The molecule has 78 valence electrons. The van der Waals surface area contributed by atoms with Crippen molar-refractivity contribution >= 4 is 10.8 Å². The minimum absolute atomic E-state index is 0.649. The van der Waals surface area contributed by atoms with Gasteiger partial charge in [-0.3, -0.25) is 0 Å². The maximum atomic E-state index is 2.30. The van der Waals surface area contributed by atoms with Crippen LogP contribution in [0.4, 0.5) is 0 Å². The van der Waals surface area contributed by atoms with Gasteiger partial charge in [-0.15, -0.1) is 0 Å². The van der Waals surface area contributed by atoms with Gasteiger partial charge in [0.25, 0.3) is 0 Å². The van der Waals surface area contributed by atoms with Crippen LogP contribution in [-0.2, 0) is 0 Å². The van der Waals surface area contributed by atoms with Crippen LogP contribution in [0.2, 0.25) is 0 Å². The number of benzene rings is 2. The zero-order valence-electron chi connectivity index (χ0n) is 9.75. The van der Waals surface area contributed by atoms with Crippen LogP contribution in [0.3, 0.4) is 0 Å². The lowest BCUT2D eigenvalue weighted by molar-refractivity contribution is 0.739. The first-order valence-corrected chi connectivity index (χ1v) is 5.72. The van der Waals surface area contributed by atoms with Gasteiger partial charge in [-0.05, 0) is 41.2 Å². The summed E-state index contributed by atoms with van der Waals surface area (Å²) < 4.78 is 0. The smallest absolute Gasteiger partial charge is 0.0147 e. The molecular formula is C15H18. The van der Waals surface area contributed by atoms with E-state index in [9.17, 15) is 0 Å². The van der Waals surface area contributed by atoms with Gasteiger partial charge in [0.1, 0.15) is 0 Å². The Morgan fingerprint density at radius 1 is 1.00 bits per heavy atom. The molecule has 1 atom stereocenters. The van der Waals surface area contributed by atoms with Crippen molar-refractivity contribution in [2.45, 2.75) is 33.1 Å². The normalized spacial score (nSPS) is 13.0. The zero-order chi connectivity index (χ0) is 10.8. The molecule has 0 amide bonds. The second kappa shape index (κ2) is 4.06. The molecule has 0 aliphatic heterocycles. The molecule has 0 spiro atoms. The molecule has 1 unspecified atom stereocenters. The fraction of sp³-hybridized carbons (Fsp3) is 0.333. The molecule has 0 saturated carbocycles. The Bertz CT molecular complexity index is 468. The van der Waals surface area contributed by atoms with Gasteiger partial charge in [0.15, 0.2) is 0 Å². The average Bonchev–Trinajstić information content (AvgIpc) is 2.29. The Kier molecular flexibility index (Phi) is 2.77. The van der Waals surface area contributed by atoms with Crippen molar-refractivity contribution in [1.29, 1.82) is 0 Å². The van der Waals surface area contributed by atoms with E-state index >= 15 is 0 Å². The predicted molar refractivity (Wildman–Crippen MR) is 67.4 cm³/mol. The van der Waals surface area contributed by atoms with E-state index < -0.39 is 0 Å². The predicted octanol–water partition coefficient (Wildman–Crippen LogP) is 4.66. The van der Waals surface area contributed by atoms with E-state index in [-0.39, 0.29) is 0 Å². The molecule has 0 saturated heterocycles. The highest BCUT2D eigenvalue weighted by Crippen LogP contribution is 2.29. The summed E-state index contributed by atoms with van der Waals surface area (Å²) in [5, 5.41) is 2.82. The second-order valence-electron chi connectivity index (χ2n) is 4.33. The summed E-state index contributed by atoms with van der Waals surface area (Å²) in [6, 6.07) is 13.2. The van der Waals surface area contributed by atoms with E-state index in [1.165, 1.54) is 28.3 Å². The van der Waals surface area contributed by atoms with Crippen molar-refractivity contribution in [1.82, 2.24) is 0 Å². The van der Waals surface area contributed by atoms with E-state index in [4.69, 9.17) is 0 Å². The fourth-order valence-corrected chi connectivity index (χ4v) is 2.12. The molecule has 0 nitrogen and oxygen atoms in total. The third-order valence-corrected chi connectivity index (χ3v) is 3.32. The van der Waals surface area contributed by atoms with Crippen LogP contribution in [0.1, 0.15) is 37.3 Å². The molecule has 2 aromatic rings. The largest absolute Gasteiger partial charge is 0.0648 e. The molecule has 0 aliphatic carbocycles. The molecule has 0 aliphatic rings. The Balaban J connectivity index is 2.71. The zero-order valence-corrected chi connectivity index (χ0v) is 9.75. The minimum Gasteiger partial charge on any atom is -0.0648 e. The van der Waals surface area contributed by atoms with E-state index in [0.29, 0.717) is 5.92 Å². The molecule has 0 N–H and O–H groups in total. The van der Waals surface area contributed by atoms with Crippen LogP contribution in [0.5, 0.6) is 0 Å². The maximum absolute atomic E-state index is 2.30. The van der Waals surface area contributed by atoms with Gasteiger partial charge in [0.2, 0.25) is 0 Å². The van der Waals surface area contributed by atoms with Gasteiger partial charge in [0, 0.05) is 0 Å². The van der Waals surface area contributed by atoms with Crippen LogP contribution >= 0.6 is 0 Å². The third kappa shape index (κ3) is 1.77. The van der Waals surface area contributed by atoms with Crippen LogP contribution in [0, 0.1) is 6.92 Å². The standard InChI is InChI=1S/C15H18/c1-4-11(2)14-10-9-12(3)13-7-5-6-8-15(13)14/h5-11H,4H2,1-3H3. The summed E-state index contributed by atoms with van der Waals surface area (Å²) in [6.45, 7) is 6.74. The monoisotopic (exact) mass is 198 g/mol. The molecular weight excluding hydrogens is 180 g/mol. The molecule has 15 heavy (non-hydrogen) atoms. The van der Waals surface area contributed by atoms with E-state index in [1.54, 1.807) is 0 Å². The summed E-state index contributed by atoms with van der Waals surface area (Å²) in [6.07, 6.45) is 1.20. The van der Waals surface area contributed by atoms with E-state index in [2.05, 4.69) is 57.2 Å². The Morgan fingerprint density at radius 3 is 2.33 bits per heavy atom. The third-order valence-electron chi connectivity index (χ3n) is 3.32. The van der Waals surface area contributed by atoms with Crippen LogP contribution in [0.15, 0.2) is 36.4 Å². The van der Waals surface area contributed by atoms with Crippen LogP contribution < -0.4 is 0 Å².